The van der Waals surface area contributed by atoms with Gasteiger partial charge < -0.3 is 19.7 Å². The molecule has 276 valence electrons. The average molecular weight is 713 g/mol. The molecule has 2 aliphatic carbocycles. The molecule has 2 aliphatic rings. The molecule has 0 spiro atoms. The number of carbonyl (C=O) groups is 2. The monoisotopic (exact) mass is 712 g/mol. The third kappa shape index (κ3) is 11.1. The van der Waals surface area contributed by atoms with Crippen LogP contribution in [0.5, 0.6) is 11.5 Å². The van der Waals surface area contributed by atoms with Gasteiger partial charge in [-0.1, -0.05) is 48.5 Å². The van der Waals surface area contributed by atoms with Crippen LogP contribution in [-0.2, 0) is 22.4 Å². The van der Waals surface area contributed by atoms with Gasteiger partial charge in [-0.05, 0) is 149 Å². The van der Waals surface area contributed by atoms with Gasteiger partial charge in [0.2, 0.25) is 0 Å². The Hall–Kier alpha value is -4.72. The summed E-state index contributed by atoms with van der Waals surface area (Å²) in [6.45, 7) is 7.77. The first-order chi connectivity index (χ1) is 24.8. The molecule has 0 heterocycles. The highest BCUT2D eigenvalue weighted by molar-refractivity contribution is 5.68. The molecule has 0 atom stereocenters. The van der Waals surface area contributed by atoms with Crippen LogP contribution < -0.4 is 9.47 Å². The van der Waals surface area contributed by atoms with E-state index in [4.69, 9.17) is 19.7 Å². The van der Waals surface area contributed by atoms with Crippen molar-refractivity contribution in [3.05, 3.63) is 108 Å². The number of hydrogen-bond acceptors (Lipinski definition) is 4. The van der Waals surface area contributed by atoms with E-state index < -0.39 is 11.9 Å². The van der Waals surface area contributed by atoms with Gasteiger partial charge in [0, 0.05) is 24.0 Å². The zero-order chi connectivity index (χ0) is 37.4. The van der Waals surface area contributed by atoms with Crippen LogP contribution in [0.4, 0.5) is 8.78 Å². The van der Waals surface area contributed by atoms with Gasteiger partial charge in [0.15, 0.2) is 0 Å². The fourth-order valence-corrected chi connectivity index (χ4v) is 7.36. The lowest BCUT2D eigenvalue weighted by Gasteiger charge is -2.34. The fraction of sp³-hybridized carbons (Fsp3) is 0.409. The van der Waals surface area contributed by atoms with Crippen LogP contribution in [0.15, 0.2) is 84.9 Å². The molecular formula is C44H50F2O6. The van der Waals surface area contributed by atoms with E-state index in [-0.39, 0.29) is 36.7 Å². The van der Waals surface area contributed by atoms with Gasteiger partial charge in [0.05, 0.1) is 12.2 Å². The zero-order valence-corrected chi connectivity index (χ0v) is 30.5. The number of hydrogen-bond donors (Lipinski definition) is 2. The van der Waals surface area contributed by atoms with E-state index in [0.29, 0.717) is 46.3 Å². The summed E-state index contributed by atoms with van der Waals surface area (Å²) in [6.07, 6.45) is 6.49. The lowest BCUT2D eigenvalue weighted by atomic mass is 9.71. The first-order valence-electron chi connectivity index (χ1n) is 18.4. The molecule has 0 bridgehead atoms. The Bertz CT molecular complexity index is 1660. The highest BCUT2D eigenvalue weighted by Crippen LogP contribution is 2.40. The van der Waals surface area contributed by atoms with Gasteiger partial charge >= 0.3 is 11.9 Å². The Morgan fingerprint density at radius 3 is 1.23 bits per heavy atom. The van der Waals surface area contributed by atoms with Crippen molar-refractivity contribution in [1.29, 1.82) is 0 Å². The number of aliphatic carboxylic acids is 2. The second kappa shape index (κ2) is 17.7. The Kier molecular flexibility index (Phi) is 13.1. The summed E-state index contributed by atoms with van der Waals surface area (Å²) in [5.41, 5.74) is 5.17. The number of halogens is 2. The van der Waals surface area contributed by atoms with Crippen molar-refractivity contribution in [3.63, 3.8) is 0 Å². The van der Waals surface area contributed by atoms with Crippen LogP contribution >= 0.6 is 0 Å². The first-order valence-corrected chi connectivity index (χ1v) is 18.4. The van der Waals surface area contributed by atoms with E-state index in [1.54, 1.807) is 24.3 Å². The summed E-state index contributed by atoms with van der Waals surface area (Å²) in [5.74, 6) is 1.18. The summed E-state index contributed by atoms with van der Waals surface area (Å²) in [7, 11) is 0. The third-order valence-electron chi connectivity index (χ3n) is 9.79. The quantitative estimate of drug-likeness (QED) is 0.135. The molecular weight excluding hydrogens is 662 g/mol. The number of benzene rings is 4. The normalized spacial score (nSPS) is 19.2. The van der Waals surface area contributed by atoms with E-state index in [0.717, 1.165) is 49.7 Å². The Morgan fingerprint density at radius 1 is 0.577 bits per heavy atom. The van der Waals surface area contributed by atoms with Gasteiger partial charge in [0.1, 0.15) is 23.1 Å². The summed E-state index contributed by atoms with van der Waals surface area (Å²) in [5, 5.41) is 17.6. The highest BCUT2D eigenvalue weighted by Gasteiger charge is 2.31. The van der Waals surface area contributed by atoms with Crippen molar-refractivity contribution < 1.29 is 38.1 Å². The van der Waals surface area contributed by atoms with Crippen molar-refractivity contribution >= 4 is 11.9 Å². The molecule has 2 fully saturated rings. The predicted molar refractivity (Wildman–Crippen MR) is 200 cm³/mol. The summed E-state index contributed by atoms with van der Waals surface area (Å²) in [6, 6.07) is 25.6. The molecule has 0 radical (unpaired) electrons. The van der Waals surface area contributed by atoms with E-state index in [2.05, 4.69) is 0 Å². The average Bonchev–Trinajstić information content (AvgIpc) is 3.05. The molecule has 2 N–H and O–H groups in total. The predicted octanol–water partition coefficient (Wildman–Crippen LogP) is 10.6. The molecule has 6 nitrogen and oxygen atoms in total. The van der Waals surface area contributed by atoms with Crippen LogP contribution in [0, 0.1) is 35.3 Å². The number of ether oxygens (including phenoxy) is 2. The third-order valence-corrected chi connectivity index (χ3v) is 9.79. The van der Waals surface area contributed by atoms with E-state index in [9.17, 15) is 18.4 Å². The van der Waals surface area contributed by atoms with Gasteiger partial charge in [-0.2, -0.15) is 0 Å². The van der Waals surface area contributed by atoms with Crippen LogP contribution in [0.3, 0.4) is 0 Å². The Morgan fingerprint density at radius 2 is 0.923 bits per heavy atom. The van der Waals surface area contributed by atoms with Gasteiger partial charge in [0.25, 0.3) is 0 Å². The van der Waals surface area contributed by atoms with Crippen molar-refractivity contribution in [2.24, 2.45) is 23.7 Å². The maximum atomic E-state index is 14.2. The van der Waals surface area contributed by atoms with Crippen molar-refractivity contribution in [1.82, 2.24) is 0 Å². The zero-order valence-electron chi connectivity index (χ0n) is 30.5. The lowest BCUT2D eigenvalue weighted by molar-refractivity contribution is -0.140. The highest BCUT2D eigenvalue weighted by atomic mass is 19.1. The number of carboxylic acid groups (broad SMARTS) is 2. The molecule has 52 heavy (non-hydrogen) atoms. The minimum absolute atomic E-state index is 0.0446. The number of carboxylic acids is 2. The van der Waals surface area contributed by atoms with Crippen molar-refractivity contribution in [2.75, 3.05) is 0 Å². The molecule has 6 rings (SSSR count). The summed E-state index contributed by atoms with van der Waals surface area (Å²) in [4.78, 5) is 21.4. The lowest BCUT2D eigenvalue weighted by Crippen LogP contribution is -2.27. The molecule has 0 aliphatic heterocycles. The largest absolute Gasteiger partial charge is 0.491 e. The molecule has 4 aromatic rings. The van der Waals surface area contributed by atoms with Gasteiger partial charge in [-0.3, -0.25) is 9.59 Å². The fourth-order valence-electron chi connectivity index (χ4n) is 7.36. The molecule has 0 aromatic heterocycles. The van der Waals surface area contributed by atoms with Crippen LogP contribution in [0.1, 0.15) is 77.3 Å². The summed E-state index contributed by atoms with van der Waals surface area (Å²) >= 11 is 0. The second-order valence-electron chi connectivity index (χ2n) is 15.0. The minimum Gasteiger partial charge on any atom is -0.491 e. The van der Waals surface area contributed by atoms with Crippen molar-refractivity contribution in [2.45, 2.75) is 91.3 Å². The maximum Gasteiger partial charge on any atom is 0.303 e. The standard InChI is InChI=1S/2C22H25FO3/c2*1-14(2)26-19-7-8-21(23)20(13-19)18-5-3-15(4-6-18)9-16-10-17(11-16)12-22(24)25/h2*3-8,13-14,16-17H,9-12H2,1-2H3,(H,24,25). The Balaban J connectivity index is 0.000000201. The van der Waals surface area contributed by atoms with Crippen LogP contribution in [-0.4, -0.2) is 34.4 Å². The van der Waals surface area contributed by atoms with Crippen molar-refractivity contribution in [3.8, 4) is 33.8 Å². The number of rotatable bonds is 14. The minimum atomic E-state index is -0.705. The second-order valence-corrected chi connectivity index (χ2v) is 15.0. The van der Waals surface area contributed by atoms with E-state index in [1.165, 1.54) is 23.3 Å². The van der Waals surface area contributed by atoms with Gasteiger partial charge in [-0.25, -0.2) is 8.78 Å². The van der Waals surface area contributed by atoms with E-state index >= 15 is 0 Å². The maximum absolute atomic E-state index is 14.2. The molecule has 8 heteroatoms. The molecule has 0 amide bonds. The van der Waals surface area contributed by atoms with Gasteiger partial charge in [-0.15, -0.1) is 0 Å². The first kappa shape index (κ1) is 38.5. The SMILES string of the molecule is CC(C)Oc1ccc(F)c(-c2ccc(CC3CC(CC(=O)O)C3)cc2)c1.CC(C)Oc1ccc(F)c(-c2ccc(CC3CC(CC(=O)O)C3)cc2)c1. The van der Waals surface area contributed by atoms with Crippen LogP contribution in [0.25, 0.3) is 22.3 Å². The summed E-state index contributed by atoms with van der Waals surface area (Å²) < 4.78 is 39.7. The van der Waals surface area contributed by atoms with Crippen LogP contribution in [0.2, 0.25) is 0 Å². The Labute approximate surface area is 305 Å². The molecule has 2 saturated carbocycles. The smallest absolute Gasteiger partial charge is 0.303 e. The van der Waals surface area contributed by atoms with E-state index in [1.807, 2.05) is 76.2 Å². The topological polar surface area (TPSA) is 93.1 Å². The molecule has 0 unspecified atom stereocenters. The molecule has 4 aromatic carbocycles. The molecule has 0 saturated heterocycles.